The maximum absolute atomic E-state index is 12.3. The van der Waals surface area contributed by atoms with E-state index in [1.54, 1.807) is 0 Å². The van der Waals surface area contributed by atoms with Crippen molar-refractivity contribution in [3.63, 3.8) is 0 Å². The molecule has 0 aliphatic carbocycles. The molecule has 1 aromatic carbocycles. The van der Waals surface area contributed by atoms with Crippen molar-refractivity contribution < 1.29 is 4.79 Å². The van der Waals surface area contributed by atoms with Crippen molar-refractivity contribution in [2.45, 2.75) is 39.7 Å². The Kier molecular flexibility index (Phi) is 5.27. The third-order valence-corrected chi connectivity index (χ3v) is 4.10. The van der Waals surface area contributed by atoms with Crippen molar-refractivity contribution in [3.05, 3.63) is 34.8 Å². The number of nitrogens with one attached hydrogen (secondary N) is 2. The Hall–Kier alpha value is -1.95. The van der Waals surface area contributed by atoms with Crippen molar-refractivity contribution in [1.82, 2.24) is 10.2 Å². The van der Waals surface area contributed by atoms with E-state index in [-0.39, 0.29) is 11.9 Å². The van der Waals surface area contributed by atoms with Gasteiger partial charge in [-0.2, -0.15) is 0 Å². The molecule has 5 nitrogen and oxygen atoms in total. The van der Waals surface area contributed by atoms with Crippen LogP contribution in [0.4, 0.5) is 10.8 Å². The number of hydrogen-bond donors (Lipinski definition) is 2. The predicted molar refractivity (Wildman–Crippen MR) is 86.8 cm³/mol. The molecule has 1 atom stereocenters. The molecule has 0 fully saturated rings. The number of hydrogen-bond acceptors (Lipinski definition) is 5. The van der Waals surface area contributed by atoms with Gasteiger partial charge in [-0.05, 0) is 31.9 Å². The first-order chi connectivity index (χ1) is 10.1. The summed E-state index contributed by atoms with van der Waals surface area (Å²) in [5, 5.41) is 15.5. The summed E-state index contributed by atoms with van der Waals surface area (Å²) in [6.07, 6.45) is 1.52. The fraction of sp³-hybridized carbons (Fsp3) is 0.400. The normalized spacial score (nSPS) is 12.0. The van der Waals surface area contributed by atoms with Gasteiger partial charge < -0.3 is 5.32 Å². The van der Waals surface area contributed by atoms with Gasteiger partial charge in [0, 0.05) is 5.69 Å². The first-order valence-corrected chi connectivity index (χ1v) is 7.90. The van der Waals surface area contributed by atoms with Crippen LogP contribution in [0.2, 0.25) is 0 Å². The van der Waals surface area contributed by atoms with Crippen LogP contribution in [-0.2, 0) is 11.2 Å². The Morgan fingerprint density at radius 2 is 1.95 bits per heavy atom. The van der Waals surface area contributed by atoms with Gasteiger partial charge in [0.15, 0.2) is 0 Å². The average molecular weight is 304 g/mol. The Bertz CT molecular complexity index is 594. The fourth-order valence-electron chi connectivity index (χ4n) is 1.84. The zero-order chi connectivity index (χ0) is 15.2. The van der Waals surface area contributed by atoms with Crippen LogP contribution in [0.1, 0.15) is 30.8 Å². The Morgan fingerprint density at radius 3 is 2.52 bits per heavy atom. The molecule has 0 aliphatic heterocycles. The summed E-state index contributed by atoms with van der Waals surface area (Å²) in [6, 6.07) is 7.70. The highest BCUT2D eigenvalue weighted by atomic mass is 32.1. The van der Waals surface area contributed by atoms with Crippen molar-refractivity contribution in [1.29, 1.82) is 0 Å². The van der Waals surface area contributed by atoms with Crippen LogP contribution in [0.25, 0.3) is 0 Å². The van der Waals surface area contributed by atoms with Gasteiger partial charge in [0.2, 0.25) is 11.0 Å². The number of amides is 1. The van der Waals surface area contributed by atoms with Gasteiger partial charge in [0.25, 0.3) is 0 Å². The lowest BCUT2D eigenvalue weighted by atomic mass is 10.1. The molecule has 0 bridgehead atoms. The number of carbonyl (C=O) groups excluding carboxylic acids is 1. The van der Waals surface area contributed by atoms with Crippen molar-refractivity contribution >= 4 is 28.1 Å². The first-order valence-electron chi connectivity index (χ1n) is 7.08. The Morgan fingerprint density at radius 1 is 1.24 bits per heavy atom. The second-order valence-corrected chi connectivity index (χ2v) is 5.88. The third-order valence-electron chi connectivity index (χ3n) is 3.12. The molecule has 2 rings (SSSR count). The lowest BCUT2D eigenvalue weighted by molar-refractivity contribution is -0.117. The van der Waals surface area contributed by atoms with Crippen molar-refractivity contribution in [2.75, 3.05) is 10.6 Å². The van der Waals surface area contributed by atoms with Crippen LogP contribution in [0.3, 0.4) is 0 Å². The number of carbonyl (C=O) groups is 1. The Labute approximate surface area is 128 Å². The number of anilines is 2. The summed E-state index contributed by atoms with van der Waals surface area (Å²) in [6.45, 7) is 6.03. The van der Waals surface area contributed by atoms with E-state index in [1.165, 1.54) is 16.9 Å². The number of aryl methyl sites for hydroxylation is 2. The molecule has 0 aliphatic rings. The van der Waals surface area contributed by atoms with Crippen molar-refractivity contribution in [3.8, 4) is 0 Å². The lowest BCUT2D eigenvalue weighted by Gasteiger charge is -2.17. The van der Waals surface area contributed by atoms with Gasteiger partial charge in [-0.1, -0.05) is 42.9 Å². The van der Waals surface area contributed by atoms with Gasteiger partial charge >= 0.3 is 0 Å². The van der Waals surface area contributed by atoms with E-state index >= 15 is 0 Å². The summed E-state index contributed by atoms with van der Waals surface area (Å²) in [5.41, 5.74) is 2.13. The van der Waals surface area contributed by atoms with Crippen LogP contribution in [0, 0.1) is 6.92 Å². The molecule has 0 spiro atoms. The number of benzene rings is 1. The maximum Gasteiger partial charge on any atom is 0.248 e. The standard InChI is InChI=1S/C15H20N4OS/c1-4-12(16-11-8-6-10(3)7-9-11)14(20)17-15-19-18-13(5-2)21-15/h6-9,12,16H,4-5H2,1-3H3,(H,17,19,20). The quantitative estimate of drug-likeness (QED) is 0.860. The van der Waals surface area contributed by atoms with E-state index in [0.29, 0.717) is 11.6 Å². The lowest BCUT2D eigenvalue weighted by Crippen LogP contribution is -2.34. The van der Waals surface area contributed by atoms with Gasteiger partial charge in [0.05, 0.1) is 0 Å². The SMILES string of the molecule is CCc1nnc(NC(=O)C(CC)Nc2ccc(C)cc2)s1. The highest BCUT2D eigenvalue weighted by Gasteiger charge is 2.17. The number of rotatable bonds is 6. The molecule has 6 heteroatoms. The number of nitrogens with zero attached hydrogens (tertiary/aromatic N) is 2. The average Bonchev–Trinajstić information content (AvgIpc) is 2.94. The smallest absolute Gasteiger partial charge is 0.248 e. The number of aromatic nitrogens is 2. The van der Waals surface area contributed by atoms with Crippen LogP contribution in [-0.4, -0.2) is 22.1 Å². The van der Waals surface area contributed by atoms with Crippen LogP contribution in [0.5, 0.6) is 0 Å². The van der Waals surface area contributed by atoms with Crippen LogP contribution >= 0.6 is 11.3 Å². The summed E-state index contributed by atoms with van der Waals surface area (Å²) in [5.74, 6) is -0.0862. The van der Waals surface area contributed by atoms with E-state index < -0.39 is 0 Å². The van der Waals surface area contributed by atoms with E-state index in [2.05, 4.69) is 20.8 Å². The van der Waals surface area contributed by atoms with Crippen LogP contribution < -0.4 is 10.6 Å². The molecule has 0 saturated heterocycles. The minimum Gasteiger partial charge on any atom is -0.374 e. The summed E-state index contributed by atoms with van der Waals surface area (Å²) < 4.78 is 0. The van der Waals surface area contributed by atoms with Gasteiger partial charge in [-0.15, -0.1) is 10.2 Å². The second kappa shape index (κ2) is 7.17. The molecule has 1 unspecified atom stereocenters. The molecule has 2 N–H and O–H groups in total. The van der Waals surface area contributed by atoms with E-state index in [9.17, 15) is 4.79 Å². The van der Waals surface area contributed by atoms with Crippen LogP contribution in [0.15, 0.2) is 24.3 Å². The molecular formula is C15H20N4OS. The largest absolute Gasteiger partial charge is 0.374 e. The first kappa shape index (κ1) is 15.4. The minimum atomic E-state index is -0.290. The molecule has 1 heterocycles. The molecule has 2 aromatic rings. The highest BCUT2D eigenvalue weighted by molar-refractivity contribution is 7.15. The fourth-order valence-corrected chi connectivity index (χ4v) is 2.53. The third kappa shape index (κ3) is 4.26. The van der Waals surface area contributed by atoms with Gasteiger partial charge in [-0.3, -0.25) is 10.1 Å². The monoisotopic (exact) mass is 304 g/mol. The van der Waals surface area contributed by atoms with Gasteiger partial charge in [-0.25, -0.2) is 0 Å². The summed E-state index contributed by atoms with van der Waals surface area (Å²) >= 11 is 1.42. The molecule has 1 aromatic heterocycles. The molecular weight excluding hydrogens is 284 g/mol. The second-order valence-electron chi connectivity index (χ2n) is 4.81. The van der Waals surface area contributed by atoms with Crippen molar-refractivity contribution in [2.24, 2.45) is 0 Å². The highest BCUT2D eigenvalue weighted by Crippen LogP contribution is 2.17. The predicted octanol–water partition coefficient (Wildman–Crippen LogP) is 3.24. The van der Waals surface area contributed by atoms with Gasteiger partial charge in [0.1, 0.15) is 11.0 Å². The Balaban J connectivity index is 1.99. The molecule has 112 valence electrons. The molecule has 0 saturated carbocycles. The molecule has 0 radical (unpaired) electrons. The molecule has 21 heavy (non-hydrogen) atoms. The van der Waals surface area contributed by atoms with E-state index in [1.807, 2.05) is 45.0 Å². The molecule has 1 amide bonds. The van der Waals surface area contributed by atoms with E-state index in [4.69, 9.17) is 0 Å². The van der Waals surface area contributed by atoms with E-state index in [0.717, 1.165) is 17.1 Å². The topological polar surface area (TPSA) is 66.9 Å². The maximum atomic E-state index is 12.3. The zero-order valence-corrected chi connectivity index (χ0v) is 13.3. The summed E-state index contributed by atoms with van der Waals surface area (Å²) in [4.78, 5) is 12.3. The summed E-state index contributed by atoms with van der Waals surface area (Å²) in [7, 11) is 0. The minimum absolute atomic E-state index is 0.0862. The zero-order valence-electron chi connectivity index (χ0n) is 12.5.